The van der Waals surface area contributed by atoms with Gasteiger partial charge in [0, 0.05) is 31.1 Å². The Morgan fingerprint density at radius 2 is 1.79 bits per heavy atom. The van der Waals surface area contributed by atoms with Crippen molar-refractivity contribution < 1.29 is 18.4 Å². The van der Waals surface area contributed by atoms with Gasteiger partial charge in [-0.1, -0.05) is 29.8 Å². The number of piperidine rings is 1. The van der Waals surface area contributed by atoms with E-state index in [9.17, 15) is 23.6 Å². The van der Waals surface area contributed by atoms with E-state index in [4.69, 9.17) is 0 Å². The summed E-state index contributed by atoms with van der Waals surface area (Å²) < 4.78 is 27.3. The first-order valence-electron chi connectivity index (χ1n) is 8.87. The average Bonchev–Trinajstić information content (AvgIpc) is 2.68. The molecule has 1 fully saturated rings. The maximum Gasteiger partial charge on any atom is 0.269 e. The fourth-order valence-corrected chi connectivity index (χ4v) is 4.79. The predicted octanol–water partition coefficient (Wildman–Crippen LogP) is 3.20. The molecule has 2 atom stereocenters. The highest BCUT2D eigenvalue weighted by Gasteiger charge is 2.35. The summed E-state index contributed by atoms with van der Waals surface area (Å²) in [5.41, 5.74) is 2.16. The highest BCUT2D eigenvalue weighted by Crippen LogP contribution is 2.35. The molecule has 1 saturated heterocycles. The van der Waals surface area contributed by atoms with Crippen LogP contribution >= 0.6 is 0 Å². The van der Waals surface area contributed by atoms with E-state index in [1.165, 1.54) is 28.6 Å². The molecular weight excluding hydrogens is 380 g/mol. The molecule has 0 saturated carbocycles. The molecule has 7 nitrogen and oxygen atoms in total. The summed E-state index contributed by atoms with van der Waals surface area (Å²) >= 11 is 0. The number of rotatable bonds is 5. The van der Waals surface area contributed by atoms with Crippen LogP contribution in [0, 0.1) is 23.0 Å². The zero-order chi connectivity index (χ0) is 20.5. The standard InChI is InChI=1S/C20H22N2O5S/c1-14-3-9-18(10-4-14)28(26,27)21-12-11-15(2)19(13-21)20(23)16-5-7-17(8-6-16)22(24)25/h3-10,19-20,23H,2,11-13H2,1H3/t19-,20+/m0/s1. The molecule has 0 aliphatic carbocycles. The number of non-ortho nitro benzene ring substituents is 1. The first-order valence-corrected chi connectivity index (χ1v) is 10.3. The molecule has 0 aromatic heterocycles. The third-order valence-electron chi connectivity index (χ3n) is 5.09. The van der Waals surface area contributed by atoms with E-state index in [0.29, 0.717) is 18.5 Å². The molecule has 3 rings (SSSR count). The number of aliphatic hydroxyl groups is 1. The zero-order valence-corrected chi connectivity index (χ0v) is 16.3. The van der Waals surface area contributed by atoms with Crippen molar-refractivity contribution in [3.8, 4) is 0 Å². The van der Waals surface area contributed by atoms with Crippen LogP contribution in [0.2, 0.25) is 0 Å². The highest BCUT2D eigenvalue weighted by atomic mass is 32.2. The summed E-state index contributed by atoms with van der Waals surface area (Å²) in [4.78, 5) is 10.5. The largest absolute Gasteiger partial charge is 0.388 e. The fraction of sp³-hybridized carbons (Fsp3) is 0.300. The van der Waals surface area contributed by atoms with Crippen LogP contribution in [0.15, 0.2) is 65.6 Å². The molecular formula is C20H22N2O5S. The van der Waals surface area contributed by atoms with Gasteiger partial charge in [0.2, 0.25) is 10.0 Å². The van der Waals surface area contributed by atoms with E-state index in [1.54, 1.807) is 24.3 Å². The molecule has 2 aromatic carbocycles. The number of nitro benzene ring substituents is 1. The van der Waals surface area contributed by atoms with Gasteiger partial charge in [-0.2, -0.15) is 4.31 Å². The van der Waals surface area contributed by atoms with Crippen molar-refractivity contribution in [1.29, 1.82) is 0 Å². The average molecular weight is 402 g/mol. The summed E-state index contributed by atoms with van der Waals surface area (Å²) in [5, 5.41) is 21.6. The van der Waals surface area contributed by atoms with Gasteiger partial charge in [0.1, 0.15) is 0 Å². The molecule has 1 aliphatic rings. The number of hydrogen-bond donors (Lipinski definition) is 1. The van der Waals surface area contributed by atoms with Gasteiger partial charge in [0.15, 0.2) is 0 Å². The zero-order valence-electron chi connectivity index (χ0n) is 15.5. The van der Waals surface area contributed by atoms with Crippen LogP contribution < -0.4 is 0 Å². The lowest BCUT2D eigenvalue weighted by atomic mass is 9.86. The molecule has 28 heavy (non-hydrogen) atoms. The Kier molecular flexibility index (Phi) is 5.64. The van der Waals surface area contributed by atoms with Crippen LogP contribution in [0.4, 0.5) is 5.69 Å². The number of sulfonamides is 1. The van der Waals surface area contributed by atoms with Gasteiger partial charge in [-0.15, -0.1) is 0 Å². The van der Waals surface area contributed by atoms with Crippen molar-refractivity contribution in [2.75, 3.05) is 13.1 Å². The molecule has 8 heteroatoms. The normalized spacial score (nSPS) is 19.4. The van der Waals surface area contributed by atoms with E-state index in [0.717, 1.165) is 11.1 Å². The van der Waals surface area contributed by atoms with Gasteiger partial charge in [-0.25, -0.2) is 8.42 Å². The molecule has 1 N–H and O–H groups in total. The number of nitrogens with zero attached hydrogens (tertiary/aromatic N) is 2. The predicted molar refractivity (Wildman–Crippen MR) is 105 cm³/mol. The second kappa shape index (κ2) is 7.83. The van der Waals surface area contributed by atoms with Gasteiger partial charge < -0.3 is 5.11 Å². The monoisotopic (exact) mass is 402 g/mol. The Bertz CT molecular complexity index is 984. The summed E-state index contributed by atoms with van der Waals surface area (Å²) in [5.74, 6) is -0.490. The lowest BCUT2D eigenvalue weighted by Gasteiger charge is -2.36. The Morgan fingerprint density at radius 3 is 2.36 bits per heavy atom. The summed E-state index contributed by atoms with van der Waals surface area (Å²) in [6, 6.07) is 12.3. The Labute approximate surface area is 164 Å². The second-order valence-corrected chi connectivity index (χ2v) is 8.92. The topological polar surface area (TPSA) is 101 Å². The highest BCUT2D eigenvalue weighted by molar-refractivity contribution is 7.89. The van der Waals surface area contributed by atoms with Crippen LogP contribution in [0.3, 0.4) is 0 Å². The van der Waals surface area contributed by atoms with Crippen molar-refractivity contribution in [3.05, 3.63) is 81.9 Å². The van der Waals surface area contributed by atoms with Gasteiger partial charge >= 0.3 is 0 Å². The molecule has 1 aliphatic heterocycles. The van der Waals surface area contributed by atoms with E-state index in [-0.39, 0.29) is 17.1 Å². The van der Waals surface area contributed by atoms with Crippen molar-refractivity contribution in [1.82, 2.24) is 4.31 Å². The third-order valence-corrected chi connectivity index (χ3v) is 6.97. The Hall–Kier alpha value is -2.55. The minimum Gasteiger partial charge on any atom is -0.388 e. The van der Waals surface area contributed by atoms with Crippen LogP contribution in [0.1, 0.15) is 23.7 Å². The number of aryl methyl sites for hydroxylation is 1. The summed E-state index contributed by atoms with van der Waals surface area (Å²) in [7, 11) is -3.68. The molecule has 148 valence electrons. The first-order chi connectivity index (χ1) is 13.2. The molecule has 2 aromatic rings. The number of benzene rings is 2. The Balaban J connectivity index is 1.83. The van der Waals surface area contributed by atoms with Gasteiger partial charge in [-0.3, -0.25) is 10.1 Å². The number of hydrogen-bond acceptors (Lipinski definition) is 5. The lowest BCUT2D eigenvalue weighted by molar-refractivity contribution is -0.384. The van der Waals surface area contributed by atoms with Crippen molar-refractivity contribution >= 4 is 15.7 Å². The van der Waals surface area contributed by atoms with Gasteiger partial charge in [0.25, 0.3) is 5.69 Å². The maximum absolute atomic E-state index is 13.0. The van der Waals surface area contributed by atoms with E-state index < -0.39 is 27.0 Å². The van der Waals surface area contributed by atoms with Gasteiger partial charge in [-0.05, 0) is 43.2 Å². The summed E-state index contributed by atoms with van der Waals surface area (Å²) in [6.07, 6.45) is -0.552. The van der Waals surface area contributed by atoms with Crippen molar-refractivity contribution in [2.24, 2.45) is 5.92 Å². The minimum atomic E-state index is -3.68. The SMILES string of the molecule is C=C1CCN(S(=O)(=O)c2ccc(C)cc2)C[C@@H]1[C@H](O)c1ccc([N+](=O)[O-])cc1. The van der Waals surface area contributed by atoms with E-state index >= 15 is 0 Å². The van der Waals surface area contributed by atoms with Crippen LogP contribution in [-0.4, -0.2) is 35.8 Å². The molecule has 0 bridgehead atoms. The third kappa shape index (κ3) is 3.99. The van der Waals surface area contributed by atoms with E-state index in [2.05, 4.69) is 6.58 Å². The molecule has 0 spiro atoms. The lowest BCUT2D eigenvalue weighted by Crippen LogP contribution is -2.42. The smallest absolute Gasteiger partial charge is 0.269 e. The van der Waals surface area contributed by atoms with Crippen LogP contribution in [0.5, 0.6) is 0 Å². The quantitative estimate of drug-likeness (QED) is 0.470. The molecule has 0 unspecified atom stereocenters. The van der Waals surface area contributed by atoms with Gasteiger partial charge in [0.05, 0.1) is 15.9 Å². The van der Waals surface area contributed by atoms with Crippen molar-refractivity contribution in [3.63, 3.8) is 0 Å². The van der Waals surface area contributed by atoms with E-state index in [1.807, 2.05) is 6.92 Å². The number of aliphatic hydroxyl groups excluding tert-OH is 1. The molecule has 0 radical (unpaired) electrons. The van der Waals surface area contributed by atoms with Crippen LogP contribution in [-0.2, 0) is 10.0 Å². The maximum atomic E-state index is 13.0. The second-order valence-electron chi connectivity index (χ2n) is 6.98. The number of nitro groups is 1. The molecule has 1 heterocycles. The van der Waals surface area contributed by atoms with Crippen LogP contribution in [0.25, 0.3) is 0 Å². The Morgan fingerprint density at radius 1 is 1.18 bits per heavy atom. The summed E-state index contributed by atoms with van der Waals surface area (Å²) in [6.45, 7) is 6.29. The fourth-order valence-electron chi connectivity index (χ4n) is 3.32. The molecule has 0 amide bonds. The minimum absolute atomic E-state index is 0.0676. The first kappa shape index (κ1) is 20.2. The van der Waals surface area contributed by atoms with Crippen molar-refractivity contribution in [2.45, 2.75) is 24.3 Å².